The average Bonchev–Trinajstić information content (AvgIpc) is 1.56. The van der Waals surface area contributed by atoms with Gasteiger partial charge in [0.05, 0.1) is 52.5 Å². The van der Waals surface area contributed by atoms with Gasteiger partial charge >= 0.3 is 0 Å². The summed E-state index contributed by atoms with van der Waals surface area (Å²) in [6, 6.07) is 49.8. The number of hydrogen-bond acceptors (Lipinski definition) is 22. The van der Waals surface area contributed by atoms with Crippen LogP contribution in [0.2, 0.25) is 0 Å². The number of carbonyl (C=O) groups is 4. The van der Waals surface area contributed by atoms with Crippen LogP contribution in [0.15, 0.2) is 157 Å². The van der Waals surface area contributed by atoms with E-state index >= 15 is 0 Å². The molecule has 2 saturated carbocycles. The zero-order valence-corrected chi connectivity index (χ0v) is 93.6. The highest BCUT2D eigenvalue weighted by molar-refractivity contribution is 7.92. The predicted molar refractivity (Wildman–Crippen MR) is 613 cm³/mol. The second-order valence-electron chi connectivity index (χ2n) is 43.4. The summed E-state index contributed by atoms with van der Waals surface area (Å²) in [5, 5.41) is 26.5. The van der Waals surface area contributed by atoms with E-state index in [0.717, 1.165) is 268 Å². The number of carbonyl (C=O) groups excluding carboxylic acids is 4. The fraction of sp³-hybridized carbons (Fsp3) is 0.573. The minimum Gasteiger partial charge on any atom is -0.369 e. The van der Waals surface area contributed by atoms with Crippen molar-refractivity contribution in [1.29, 1.82) is 0 Å². The lowest BCUT2D eigenvalue weighted by atomic mass is 9.95. The number of rotatable bonds is 28. The van der Waals surface area contributed by atoms with E-state index in [0.29, 0.717) is 89.5 Å². The standard InChI is InChI=1S/C18H29N3O2S.C18H26N2O.C17H25N3O.C17H27N3O.C17H23N3.C16H25N3O.C14H23N3O2S/c1-14(2)15-7-8-17(21-11-9-19-10-12-21)18(13-15)24(22,23)20-16-5-3-4-6-16;1-13(2)15-5-6-17(20-9-7-19-8-10-20)16(11-15)12-18(21)14-3-4-14;1-13(2)14-5-6-15(19-10-7-18-8-11-19)16(12-14)20-9-3-4-17(20)21;1-13(2)14-5-6-16(20-9-7-18-8-10-20)15(11-14)12-17(21)19(3)4;1-14(2)15-5-6-16(20-11-7-18-8-12-20)17(13-15)19-9-3-4-10-19;1-12(2)14-4-5-16(19-8-6-17-7-9-19)15(10-14)11-18-13(3)20;1-11(2)12-4-5-14(17-8-6-15-7-9-17)13(10-12)16-20(3,18)19/h7-8,13-14,16,19-20H,3-6,9-12H2,1-2H3;5-6,11,13-14,19H,3-4,7-10,12H2,1-2H3;5-6,12-13,18H,3-4,7-11H2,1-2H3;5-6,11,13,18H,7-10,12H2,1-4H3;3-6,9-10,13-14,18H,7-8,11-12H2,1-2H3;4-5,10,12,17H,6-9,11H2,1-3H3,(H,18,20);4-5,10-11,15-16H,6-9H2,1-3H3. The molecule has 28 nitrogen and oxygen atoms in total. The Morgan fingerprint density at radius 3 is 1.05 bits per heavy atom. The van der Waals surface area contributed by atoms with Gasteiger partial charge in [-0.2, -0.15) is 0 Å². The van der Waals surface area contributed by atoms with E-state index in [2.05, 4.69) is 315 Å². The number of nitrogens with zero attached hydrogens (tertiary/aromatic N) is 10. The number of benzene rings is 7. The molecule has 8 saturated heterocycles. The summed E-state index contributed by atoms with van der Waals surface area (Å²) in [7, 11) is -3.13. The van der Waals surface area contributed by atoms with E-state index in [-0.39, 0.29) is 23.8 Å². The third-order valence-corrected chi connectivity index (χ3v) is 31.6. The average molecular weight is 2060 g/mol. The molecule has 2 aliphatic carbocycles. The molecule has 806 valence electrons. The second kappa shape index (κ2) is 56.7. The van der Waals surface area contributed by atoms with Gasteiger partial charge in [0.25, 0.3) is 0 Å². The van der Waals surface area contributed by atoms with Crippen LogP contribution in [0.4, 0.5) is 51.2 Å². The summed E-state index contributed by atoms with van der Waals surface area (Å²) < 4.78 is 57.1. The molecule has 0 bridgehead atoms. The second-order valence-corrected chi connectivity index (χ2v) is 46.8. The van der Waals surface area contributed by atoms with Gasteiger partial charge in [0, 0.05) is 272 Å². The Morgan fingerprint density at radius 1 is 0.367 bits per heavy atom. The summed E-state index contributed by atoms with van der Waals surface area (Å²) in [5.41, 5.74) is 23.7. The van der Waals surface area contributed by atoms with Gasteiger partial charge in [0.1, 0.15) is 10.7 Å². The number of anilines is 9. The Hall–Kier alpha value is -10.1. The molecule has 0 atom stereocenters. The van der Waals surface area contributed by atoms with Crippen molar-refractivity contribution in [1.82, 2.24) is 56.7 Å². The first-order valence-electron chi connectivity index (χ1n) is 55.0. The summed E-state index contributed by atoms with van der Waals surface area (Å²) in [6.07, 6.45) is 14.5. The quantitative estimate of drug-likeness (QED) is 0.0218. The van der Waals surface area contributed by atoms with E-state index < -0.39 is 20.0 Å². The maximum Gasteiger partial charge on any atom is 0.242 e. The Labute approximate surface area is 882 Å². The molecule has 30 heteroatoms. The number of sulfonamides is 2. The van der Waals surface area contributed by atoms with Gasteiger partial charge in [-0.05, 0) is 208 Å². The SMILES string of the molecule is CC(=O)NCc1cc(C(C)C)ccc1N1CCNCC1.CC(C)c1ccc(N2CCNCC2)c(-n2cccc2)c1.CC(C)c1ccc(N2CCNCC2)c(CC(=O)C2CC2)c1.CC(C)c1ccc(N2CCNCC2)c(CC(=O)N(C)C)c1.CC(C)c1ccc(N2CCNCC2)c(N2CCCC2=O)c1.CC(C)c1ccc(N2CCNCC2)c(NS(C)(=O)=O)c1.CC(C)c1ccc(N2CCNCC2)c(S(=O)(=O)NC2CCCC2)c1. The summed E-state index contributed by atoms with van der Waals surface area (Å²) in [6.45, 7) is 61.2. The third-order valence-electron chi connectivity index (χ3n) is 29.5. The number of aromatic nitrogens is 1. The molecule has 18 rings (SSSR count). The molecule has 9 heterocycles. The van der Waals surface area contributed by atoms with Crippen molar-refractivity contribution >= 4 is 94.7 Å². The van der Waals surface area contributed by atoms with Crippen molar-refractivity contribution in [2.24, 2.45) is 5.92 Å². The van der Waals surface area contributed by atoms with Crippen LogP contribution in [0.5, 0.6) is 0 Å². The van der Waals surface area contributed by atoms with E-state index in [1.54, 1.807) is 11.8 Å². The Morgan fingerprint density at radius 2 is 0.687 bits per heavy atom. The van der Waals surface area contributed by atoms with E-state index in [1.165, 1.54) is 79.3 Å². The zero-order chi connectivity index (χ0) is 105. The van der Waals surface area contributed by atoms with Gasteiger partial charge in [-0.15, -0.1) is 0 Å². The maximum atomic E-state index is 13.1. The molecule has 10 N–H and O–H groups in total. The number of ketones is 1. The van der Waals surface area contributed by atoms with Crippen molar-refractivity contribution in [3.8, 4) is 5.69 Å². The van der Waals surface area contributed by atoms with Crippen LogP contribution in [0.1, 0.15) is 252 Å². The molecule has 10 fully saturated rings. The van der Waals surface area contributed by atoms with Gasteiger partial charge in [-0.3, -0.25) is 23.9 Å². The lowest BCUT2D eigenvalue weighted by Gasteiger charge is -2.33. The fourth-order valence-electron chi connectivity index (χ4n) is 20.2. The molecule has 0 unspecified atom stereocenters. The Balaban J connectivity index is 0.000000153. The Kier molecular flexibility index (Phi) is 44.5. The first-order valence-corrected chi connectivity index (χ1v) is 58.4. The van der Waals surface area contributed by atoms with Crippen LogP contribution >= 0.6 is 0 Å². The highest BCUT2D eigenvalue weighted by Gasteiger charge is 2.34. The largest absolute Gasteiger partial charge is 0.369 e. The minimum absolute atomic E-state index is 0.0196. The summed E-state index contributed by atoms with van der Waals surface area (Å²) >= 11 is 0. The highest BCUT2D eigenvalue weighted by Crippen LogP contribution is 2.40. The van der Waals surface area contributed by atoms with Gasteiger partial charge < -0.3 is 91.2 Å². The van der Waals surface area contributed by atoms with E-state index in [1.807, 2.05) is 43.3 Å². The van der Waals surface area contributed by atoms with Gasteiger partial charge in [0.2, 0.25) is 37.8 Å². The molecule has 7 aromatic carbocycles. The lowest BCUT2D eigenvalue weighted by molar-refractivity contribution is -0.128. The van der Waals surface area contributed by atoms with Crippen molar-refractivity contribution in [2.75, 3.05) is 254 Å². The number of amides is 3. The van der Waals surface area contributed by atoms with Crippen LogP contribution < -0.4 is 91.2 Å². The van der Waals surface area contributed by atoms with Gasteiger partial charge in [-0.25, -0.2) is 21.6 Å². The number of nitrogens with one attached hydrogen (secondary N) is 10. The van der Waals surface area contributed by atoms with Gasteiger partial charge in [0.15, 0.2) is 0 Å². The predicted octanol–water partition coefficient (Wildman–Crippen LogP) is 15.8. The smallest absolute Gasteiger partial charge is 0.242 e. The number of piperazine rings is 7. The van der Waals surface area contributed by atoms with Crippen molar-refractivity contribution in [3.05, 3.63) is 208 Å². The highest BCUT2D eigenvalue weighted by atomic mass is 32.2. The number of hydrogen-bond donors (Lipinski definition) is 10. The minimum atomic E-state index is -3.49. The van der Waals surface area contributed by atoms with Crippen molar-refractivity contribution in [2.45, 2.75) is 227 Å². The van der Waals surface area contributed by atoms with Crippen LogP contribution in [-0.2, 0) is 58.6 Å². The van der Waals surface area contributed by atoms with E-state index in [9.17, 15) is 36.0 Å². The molecule has 0 spiro atoms. The third kappa shape index (κ3) is 34.7. The first kappa shape index (κ1) is 116. The molecule has 8 aliphatic heterocycles. The molecule has 10 aliphatic rings. The molecule has 1 aromatic heterocycles. The van der Waals surface area contributed by atoms with Gasteiger partial charge in [-0.1, -0.05) is 170 Å². The van der Waals surface area contributed by atoms with Crippen LogP contribution in [0.3, 0.4) is 0 Å². The molecule has 8 aromatic rings. The normalized spacial score (nSPS) is 17.5. The van der Waals surface area contributed by atoms with Crippen LogP contribution in [-0.4, -0.2) is 266 Å². The summed E-state index contributed by atoms with van der Waals surface area (Å²) in [5.74, 6) is 4.45. The molecule has 147 heavy (non-hydrogen) atoms. The molecular weight excluding hydrogens is 1880 g/mol. The first-order chi connectivity index (χ1) is 70.5. The molecule has 0 radical (unpaired) electrons. The maximum absolute atomic E-state index is 13.1. The zero-order valence-electron chi connectivity index (χ0n) is 92.0. The monoisotopic (exact) mass is 2060 g/mol. The topological polar surface area (TPSA) is 291 Å². The number of likely N-dealkylation sites (N-methyl/N-ethyl adjacent to an activating group) is 1. The van der Waals surface area contributed by atoms with E-state index in [4.69, 9.17) is 0 Å². The van der Waals surface area contributed by atoms with Crippen molar-refractivity contribution < 1.29 is 36.0 Å². The van der Waals surface area contributed by atoms with Crippen LogP contribution in [0.25, 0.3) is 5.69 Å². The molecule has 3 amide bonds. The lowest BCUT2D eigenvalue weighted by Crippen LogP contribution is -2.44. The fourth-order valence-corrected chi connectivity index (χ4v) is 22.3. The number of Topliss-reactive ketones (excluding diaryl/α,β-unsaturated/α-hetero) is 1. The molecular formula is C117H178N20O8S2. The summed E-state index contributed by atoms with van der Waals surface area (Å²) in [4.78, 5) is 68.4. The Bertz CT molecular complexity index is 5630. The van der Waals surface area contributed by atoms with Crippen LogP contribution in [0, 0.1) is 5.92 Å². The van der Waals surface area contributed by atoms with Crippen molar-refractivity contribution in [3.63, 3.8) is 0 Å².